The van der Waals surface area contributed by atoms with Crippen LogP contribution in [-0.4, -0.2) is 29.9 Å². The van der Waals surface area contributed by atoms with Crippen molar-refractivity contribution in [2.45, 2.75) is 19.8 Å². The van der Waals surface area contributed by atoms with E-state index in [0.717, 1.165) is 45.9 Å². The lowest BCUT2D eigenvalue weighted by atomic mass is 10.1. The van der Waals surface area contributed by atoms with Crippen molar-refractivity contribution in [3.63, 3.8) is 0 Å². The molecule has 0 unspecified atom stereocenters. The molecule has 0 aliphatic carbocycles. The monoisotopic (exact) mass is 305 g/mol. The minimum atomic E-state index is 0.474. The molecule has 0 amide bonds. The van der Waals surface area contributed by atoms with Crippen molar-refractivity contribution in [2.75, 3.05) is 5.73 Å². The molecule has 7 nitrogen and oxygen atoms in total. The first-order valence-electron chi connectivity index (χ1n) is 7.45. The first-order chi connectivity index (χ1) is 11.3. The molecule has 0 aromatic carbocycles. The number of hydrogen-bond acceptors (Lipinski definition) is 6. The summed E-state index contributed by atoms with van der Waals surface area (Å²) in [6.45, 7) is 2.12. The maximum atomic E-state index is 6.22. The van der Waals surface area contributed by atoms with Crippen LogP contribution in [0.4, 0.5) is 5.82 Å². The van der Waals surface area contributed by atoms with Crippen molar-refractivity contribution in [3.05, 3.63) is 36.7 Å². The quantitative estimate of drug-likeness (QED) is 0.602. The third-order valence-electron chi connectivity index (χ3n) is 3.83. The van der Waals surface area contributed by atoms with E-state index in [1.165, 1.54) is 6.33 Å². The Balaban J connectivity index is 1.96. The number of H-pyrrole nitrogens is 1. The zero-order chi connectivity index (χ0) is 15.8. The number of anilines is 1. The van der Waals surface area contributed by atoms with Crippen LogP contribution >= 0.6 is 0 Å². The van der Waals surface area contributed by atoms with Gasteiger partial charge in [-0.3, -0.25) is 4.98 Å². The van der Waals surface area contributed by atoms with Crippen molar-refractivity contribution in [2.24, 2.45) is 0 Å². The number of nitrogens with one attached hydrogen (secondary N) is 1. The molecule has 4 heterocycles. The van der Waals surface area contributed by atoms with Crippen molar-refractivity contribution in [3.8, 4) is 11.4 Å². The number of nitrogens with zero attached hydrogens (tertiary/aromatic N) is 5. The molecule has 0 bridgehead atoms. The predicted molar refractivity (Wildman–Crippen MR) is 88.6 cm³/mol. The van der Waals surface area contributed by atoms with Gasteiger partial charge in [0.1, 0.15) is 17.8 Å². The smallest absolute Gasteiger partial charge is 0.164 e. The molecule has 0 radical (unpaired) electrons. The Morgan fingerprint density at radius 2 is 2.04 bits per heavy atom. The van der Waals surface area contributed by atoms with Crippen LogP contribution in [0.1, 0.15) is 18.9 Å². The van der Waals surface area contributed by atoms with Gasteiger partial charge in [-0.05, 0) is 12.0 Å². The topological polar surface area (TPSA) is 106 Å². The minimum absolute atomic E-state index is 0.474. The number of fused-ring (bicyclic) bond motifs is 2. The molecule has 0 spiro atoms. The zero-order valence-electron chi connectivity index (χ0n) is 12.6. The van der Waals surface area contributed by atoms with Crippen molar-refractivity contribution < 1.29 is 0 Å². The van der Waals surface area contributed by atoms with Gasteiger partial charge >= 0.3 is 0 Å². The summed E-state index contributed by atoms with van der Waals surface area (Å²) >= 11 is 0. The molecule has 0 saturated carbocycles. The van der Waals surface area contributed by atoms with Crippen LogP contribution in [0.15, 0.2) is 31.1 Å². The van der Waals surface area contributed by atoms with E-state index in [0.29, 0.717) is 11.6 Å². The average Bonchev–Trinajstić information content (AvgIpc) is 2.99. The van der Waals surface area contributed by atoms with Crippen LogP contribution in [0, 0.1) is 0 Å². The second kappa shape index (κ2) is 5.28. The van der Waals surface area contributed by atoms with Gasteiger partial charge in [0, 0.05) is 34.9 Å². The first kappa shape index (κ1) is 13.6. The summed E-state index contributed by atoms with van der Waals surface area (Å²) in [5.74, 6) is 1.02. The lowest BCUT2D eigenvalue weighted by Gasteiger charge is -2.08. The lowest BCUT2D eigenvalue weighted by Crippen LogP contribution is -2.01. The summed E-state index contributed by atoms with van der Waals surface area (Å²) in [5, 5.41) is 1.76. The summed E-state index contributed by atoms with van der Waals surface area (Å²) in [6, 6.07) is 0. The van der Waals surface area contributed by atoms with E-state index >= 15 is 0 Å². The number of nitrogen functional groups attached to an aromatic ring is 1. The normalized spacial score (nSPS) is 11.3. The van der Waals surface area contributed by atoms with E-state index in [1.54, 1.807) is 12.4 Å². The molecule has 0 fully saturated rings. The highest BCUT2D eigenvalue weighted by atomic mass is 15.0. The highest BCUT2D eigenvalue weighted by Gasteiger charge is 2.14. The van der Waals surface area contributed by atoms with E-state index in [1.807, 2.05) is 12.4 Å². The Morgan fingerprint density at radius 3 is 2.91 bits per heavy atom. The van der Waals surface area contributed by atoms with Crippen LogP contribution in [0.5, 0.6) is 0 Å². The van der Waals surface area contributed by atoms with E-state index in [4.69, 9.17) is 5.73 Å². The second-order valence-corrected chi connectivity index (χ2v) is 5.36. The summed E-state index contributed by atoms with van der Waals surface area (Å²) in [4.78, 5) is 24.8. The Labute approximate surface area is 132 Å². The van der Waals surface area contributed by atoms with Gasteiger partial charge in [-0.1, -0.05) is 13.3 Å². The van der Waals surface area contributed by atoms with Crippen LogP contribution in [0.3, 0.4) is 0 Å². The van der Waals surface area contributed by atoms with Crippen molar-refractivity contribution in [1.82, 2.24) is 29.9 Å². The molecular formula is C16H15N7. The molecule has 3 N–H and O–H groups in total. The fraction of sp³-hybridized carbons (Fsp3) is 0.188. The number of rotatable bonds is 3. The molecule has 0 aliphatic rings. The molecule has 4 aromatic heterocycles. The lowest BCUT2D eigenvalue weighted by molar-refractivity contribution is 0.921. The van der Waals surface area contributed by atoms with Crippen LogP contribution < -0.4 is 5.73 Å². The summed E-state index contributed by atoms with van der Waals surface area (Å²) in [5.41, 5.74) is 9.63. The van der Waals surface area contributed by atoms with Gasteiger partial charge in [-0.15, -0.1) is 0 Å². The predicted octanol–water partition coefficient (Wildman–Crippen LogP) is 2.50. The van der Waals surface area contributed by atoms with Gasteiger partial charge in [0.05, 0.1) is 11.7 Å². The fourth-order valence-corrected chi connectivity index (χ4v) is 2.81. The van der Waals surface area contributed by atoms with Crippen LogP contribution in [-0.2, 0) is 6.42 Å². The van der Waals surface area contributed by atoms with E-state index in [9.17, 15) is 0 Å². The average molecular weight is 305 g/mol. The second-order valence-electron chi connectivity index (χ2n) is 5.36. The maximum absolute atomic E-state index is 6.22. The SMILES string of the molecule is CCCc1cncc2nc(-c3c[nH]c4ncncc34)nc(N)c12. The van der Waals surface area contributed by atoms with Gasteiger partial charge in [0.15, 0.2) is 5.82 Å². The highest BCUT2D eigenvalue weighted by molar-refractivity contribution is 5.95. The Bertz CT molecular complexity index is 1010. The molecule has 7 heteroatoms. The first-order valence-corrected chi connectivity index (χ1v) is 7.45. The van der Waals surface area contributed by atoms with Crippen molar-refractivity contribution >= 4 is 27.8 Å². The number of aromatic nitrogens is 6. The largest absolute Gasteiger partial charge is 0.383 e. The summed E-state index contributed by atoms with van der Waals surface area (Å²) in [7, 11) is 0. The van der Waals surface area contributed by atoms with Gasteiger partial charge in [-0.2, -0.15) is 0 Å². The fourth-order valence-electron chi connectivity index (χ4n) is 2.81. The summed E-state index contributed by atoms with van der Waals surface area (Å²) < 4.78 is 0. The maximum Gasteiger partial charge on any atom is 0.164 e. The third-order valence-corrected chi connectivity index (χ3v) is 3.83. The molecule has 0 atom stereocenters. The van der Waals surface area contributed by atoms with E-state index in [-0.39, 0.29) is 0 Å². The number of aromatic amines is 1. The van der Waals surface area contributed by atoms with Gasteiger partial charge < -0.3 is 10.7 Å². The van der Waals surface area contributed by atoms with Gasteiger partial charge in [0.25, 0.3) is 0 Å². The number of aryl methyl sites for hydroxylation is 1. The standard InChI is InChI=1S/C16H15N7/c1-2-3-9-4-18-7-12-13(9)14(17)23-16(22-12)11-6-20-15-10(11)5-19-8-21-15/h4-8H,2-3H2,1H3,(H2,17,22,23)(H,19,20,21). The van der Waals surface area contributed by atoms with Gasteiger partial charge in [0.2, 0.25) is 0 Å². The molecule has 0 aliphatic heterocycles. The molecule has 23 heavy (non-hydrogen) atoms. The number of pyridine rings is 1. The summed E-state index contributed by atoms with van der Waals surface area (Å²) in [6.07, 6.45) is 10.5. The third kappa shape index (κ3) is 2.17. The number of nitrogens with two attached hydrogens (primary N) is 1. The van der Waals surface area contributed by atoms with Crippen LogP contribution in [0.25, 0.3) is 33.3 Å². The molecule has 0 saturated heterocycles. The molecular weight excluding hydrogens is 290 g/mol. The molecule has 4 aromatic rings. The Kier molecular flexibility index (Phi) is 3.11. The zero-order valence-corrected chi connectivity index (χ0v) is 12.6. The molecule has 4 rings (SSSR count). The molecule has 114 valence electrons. The van der Waals surface area contributed by atoms with E-state index < -0.39 is 0 Å². The van der Waals surface area contributed by atoms with Gasteiger partial charge in [-0.25, -0.2) is 19.9 Å². The highest BCUT2D eigenvalue weighted by Crippen LogP contribution is 2.29. The van der Waals surface area contributed by atoms with Crippen LogP contribution in [0.2, 0.25) is 0 Å². The van der Waals surface area contributed by atoms with Crippen molar-refractivity contribution in [1.29, 1.82) is 0 Å². The Morgan fingerprint density at radius 1 is 1.13 bits per heavy atom. The Hall–Kier alpha value is -3.09. The minimum Gasteiger partial charge on any atom is -0.383 e. The number of hydrogen-bond donors (Lipinski definition) is 2. The van der Waals surface area contributed by atoms with E-state index in [2.05, 4.69) is 36.8 Å².